The lowest BCUT2D eigenvalue weighted by molar-refractivity contribution is -0.117. The van der Waals surface area contributed by atoms with E-state index in [4.69, 9.17) is 0 Å². The van der Waals surface area contributed by atoms with Gasteiger partial charge < -0.3 is 0 Å². The molecular weight excluding hydrogens is 124 g/mol. The van der Waals surface area contributed by atoms with Crippen molar-refractivity contribution in [3.8, 4) is 0 Å². The molecule has 0 heterocycles. The molecule has 1 nitrogen and oxygen atoms in total. The average Bonchev–Trinajstić information content (AvgIpc) is 2.27. The molecule has 0 aromatic rings. The standard InChI is InChI=1S/C9H12O/c1-5-6(2)9-4-7(10)3-8(5)9/h8-9H,3-4H2,1-2H3/t8-,9+. The molecule has 0 aromatic heterocycles. The highest BCUT2D eigenvalue weighted by molar-refractivity contribution is 5.83. The largest absolute Gasteiger partial charge is 0.300 e. The van der Waals surface area contributed by atoms with E-state index < -0.39 is 0 Å². The maximum absolute atomic E-state index is 11.0. The third-order valence-corrected chi connectivity index (χ3v) is 3.12. The third kappa shape index (κ3) is 0.556. The molecule has 54 valence electrons. The first-order valence-corrected chi connectivity index (χ1v) is 3.89. The Balaban J connectivity index is 2.26. The number of carbonyl (C=O) groups excluding carboxylic acids is 1. The fourth-order valence-electron chi connectivity index (χ4n) is 2.26. The molecule has 0 N–H and O–H groups in total. The van der Waals surface area contributed by atoms with E-state index in [0.29, 0.717) is 17.6 Å². The van der Waals surface area contributed by atoms with Gasteiger partial charge in [0.05, 0.1) is 0 Å². The van der Waals surface area contributed by atoms with Gasteiger partial charge in [-0.3, -0.25) is 4.79 Å². The number of carbonyl (C=O) groups is 1. The monoisotopic (exact) mass is 136 g/mol. The fourth-order valence-corrected chi connectivity index (χ4v) is 2.26. The lowest BCUT2D eigenvalue weighted by Crippen LogP contribution is -2.22. The minimum absolute atomic E-state index is 0.464. The first-order valence-electron chi connectivity index (χ1n) is 3.89. The summed E-state index contributed by atoms with van der Waals surface area (Å²) in [4.78, 5) is 11.0. The molecular formula is C9H12O. The normalized spacial score (nSPS) is 38.0. The summed E-state index contributed by atoms with van der Waals surface area (Å²) in [7, 11) is 0. The molecule has 0 spiro atoms. The van der Waals surface area contributed by atoms with Gasteiger partial charge >= 0.3 is 0 Å². The van der Waals surface area contributed by atoms with Crippen LogP contribution >= 0.6 is 0 Å². The number of fused-ring (bicyclic) bond motifs is 1. The lowest BCUT2D eigenvalue weighted by Gasteiger charge is -2.33. The van der Waals surface area contributed by atoms with Crippen molar-refractivity contribution in [2.24, 2.45) is 11.8 Å². The molecule has 0 amide bonds. The van der Waals surface area contributed by atoms with Gasteiger partial charge in [-0.25, -0.2) is 0 Å². The second-order valence-electron chi connectivity index (χ2n) is 3.53. The maximum Gasteiger partial charge on any atom is 0.134 e. The van der Waals surface area contributed by atoms with Gasteiger partial charge in [0.1, 0.15) is 5.78 Å². The highest BCUT2D eigenvalue weighted by atomic mass is 16.1. The number of hydrogen-bond acceptors (Lipinski definition) is 1. The number of Topliss-reactive ketones (excluding diaryl/α,β-unsaturated/α-hetero) is 1. The smallest absolute Gasteiger partial charge is 0.134 e. The van der Waals surface area contributed by atoms with E-state index in [1.807, 2.05) is 0 Å². The summed E-state index contributed by atoms with van der Waals surface area (Å²) >= 11 is 0. The van der Waals surface area contributed by atoms with Gasteiger partial charge in [0, 0.05) is 12.8 Å². The summed E-state index contributed by atoms with van der Waals surface area (Å²) in [6.07, 6.45) is 1.65. The molecule has 0 aliphatic heterocycles. The molecule has 1 heteroatoms. The van der Waals surface area contributed by atoms with Crippen LogP contribution in [0, 0.1) is 11.8 Å². The average molecular weight is 136 g/mol. The highest BCUT2D eigenvalue weighted by Gasteiger charge is 2.42. The van der Waals surface area contributed by atoms with Crippen molar-refractivity contribution in [1.29, 1.82) is 0 Å². The van der Waals surface area contributed by atoms with Crippen LogP contribution in [-0.4, -0.2) is 5.78 Å². The van der Waals surface area contributed by atoms with Crippen LogP contribution in [0.15, 0.2) is 11.1 Å². The Bertz CT molecular complexity index is 203. The summed E-state index contributed by atoms with van der Waals surface area (Å²) in [5.74, 6) is 1.76. The number of ketones is 1. The van der Waals surface area contributed by atoms with Crippen molar-refractivity contribution in [3.05, 3.63) is 11.1 Å². The van der Waals surface area contributed by atoms with E-state index in [2.05, 4.69) is 13.8 Å². The van der Waals surface area contributed by atoms with Gasteiger partial charge in [0.15, 0.2) is 0 Å². The zero-order chi connectivity index (χ0) is 7.30. The Morgan fingerprint density at radius 1 is 1.10 bits per heavy atom. The maximum atomic E-state index is 11.0. The zero-order valence-electron chi connectivity index (χ0n) is 6.48. The van der Waals surface area contributed by atoms with Crippen LogP contribution in [0.5, 0.6) is 0 Å². The molecule has 2 atom stereocenters. The summed E-state index contributed by atoms with van der Waals surface area (Å²) < 4.78 is 0. The molecule has 0 saturated heterocycles. The Kier molecular flexibility index (Phi) is 1.05. The van der Waals surface area contributed by atoms with Crippen LogP contribution in [0.3, 0.4) is 0 Å². The molecule has 10 heavy (non-hydrogen) atoms. The minimum atomic E-state index is 0.464. The van der Waals surface area contributed by atoms with Crippen molar-refractivity contribution >= 4 is 5.78 Å². The summed E-state index contributed by atoms with van der Waals surface area (Å²) in [6, 6.07) is 0. The van der Waals surface area contributed by atoms with E-state index in [0.717, 1.165) is 12.8 Å². The Morgan fingerprint density at radius 2 is 1.50 bits per heavy atom. The van der Waals surface area contributed by atoms with Gasteiger partial charge in [-0.1, -0.05) is 11.1 Å². The molecule has 0 bridgehead atoms. The zero-order valence-corrected chi connectivity index (χ0v) is 6.48. The predicted molar refractivity (Wildman–Crippen MR) is 39.6 cm³/mol. The van der Waals surface area contributed by atoms with Crippen molar-refractivity contribution in [2.75, 3.05) is 0 Å². The quantitative estimate of drug-likeness (QED) is 0.465. The molecule has 1 fully saturated rings. The highest BCUT2D eigenvalue weighted by Crippen LogP contribution is 2.49. The molecule has 2 aliphatic rings. The van der Waals surface area contributed by atoms with Gasteiger partial charge in [-0.05, 0) is 25.7 Å². The van der Waals surface area contributed by atoms with E-state index in [9.17, 15) is 4.79 Å². The minimum Gasteiger partial charge on any atom is -0.300 e. The molecule has 0 radical (unpaired) electrons. The van der Waals surface area contributed by atoms with Crippen LogP contribution in [-0.2, 0) is 4.79 Å². The van der Waals surface area contributed by atoms with Gasteiger partial charge in [-0.15, -0.1) is 0 Å². The summed E-state index contributed by atoms with van der Waals surface area (Å²) in [6.45, 7) is 4.32. The lowest BCUT2D eigenvalue weighted by atomic mass is 9.71. The third-order valence-electron chi connectivity index (χ3n) is 3.12. The van der Waals surface area contributed by atoms with Crippen LogP contribution in [0.4, 0.5) is 0 Å². The first kappa shape index (κ1) is 6.14. The second kappa shape index (κ2) is 1.71. The van der Waals surface area contributed by atoms with E-state index >= 15 is 0 Å². The summed E-state index contributed by atoms with van der Waals surface area (Å²) in [5, 5.41) is 0. The van der Waals surface area contributed by atoms with Crippen LogP contribution in [0.1, 0.15) is 26.7 Å². The Morgan fingerprint density at radius 3 is 1.90 bits per heavy atom. The number of hydrogen-bond donors (Lipinski definition) is 0. The molecule has 2 rings (SSSR count). The van der Waals surface area contributed by atoms with Gasteiger partial charge in [-0.2, -0.15) is 0 Å². The van der Waals surface area contributed by atoms with E-state index in [-0.39, 0.29) is 0 Å². The van der Waals surface area contributed by atoms with E-state index in [1.54, 1.807) is 0 Å². The molecule has 0 unspecified atom stereocenters. The van der Waals surface area contributed by atoms with E-state index in [1.165, 1.54) is 11.1 Å². The van der Waals surface area contributed by atoms with Crippen molar-refractivity contribution in [2.45, 2.75) is 26.7 Å². The molecule has 2 aliphatic carbocycles. The number of allylic oxidation sites excluding steroid dienone is 2. The first-order chi connectivity index (χ1) is 4.70. The van der Waals surface area contributed by atoms with Crippen molar-refractivity contribution < 1.29 is 4.79 Å². The summed E-state index contributed by atoms with van der Waals surface area (Å²) in [5.41, 5.74) is 2.96. The van der Waals surface area contributed by atoms with Crippen LogP contribution < -0.4 is 0 Å². The van der Waals surface area contributed by atoms with Crippen LogP contribution in [0.25, 0.3) is 0 Å². The fraction of sp³-hybridized carbons (Fsp3) is 0.667. The number of rotatable bonds is 0. The van der Waals surface area contributed by atoms with Gasteiger partial charge in [0.2, 0.25) is 0 Å². The molecule has 1 saturated carbocycles. The SMILES string of the molecule is CC1=C(C)[C@@H]2CC(=O)C[C@H]12. The second-order valence-corrected chi connectivity index (χ2v) is 3.53. The van der Waals surface area contributed by atoms with Crippen LogP contribution in [0.2, 0.25) is 0 Å². The predicted octanol–water partition coefficient (Wildman–Crippen LogP) is 1.93. The molecule has 0 aromatic carbocycles. The Labute approximate surface area is 61.1 Å². The Hall–Kier alpha value is -0.590. The topological polar surface area (TPSA) is 17.1 Å². The van der Waals surface area contributed by atoms with Crippen molar-refractivity contribution in [3.63, 3.8) is 0 Å². The van der Waals surface area contributed by atoms with Gasteiger partial charge in [0.25, 0.3) is 0 Å². The van der Waals surface area contributed by atoms with Crippen molar-refractivity contribution in [1.82, 2.24) is 0 Å².